The molecule has 0 spiro atoms. The number of benzene rings is 2. The summed E-state index contributed by atoms with van der Waals surface area (Å²) in [6, 6.07) is 11.2. The maximum Gasteiger partial charge on any atom is 0.238 e. The van der Waals surface area contributed by atoms with E-state index in [1.165, 1.54) is 19.2 Å². The quantitative estimate of drug-likeness (QED) is 0.682. The molecule has 2 N–H and O–H groups in total. The maximum atomic E-state index is 14.2. The van der Waals surface area contributed by atoms with Gasteiger partial charge in [0.05, 0.1) is 20.3 Å². The normalized spacial score (nSPS) is 10.4. The molecule has 2 aromatic carbocycles. The molecule has 0 bridgehead atoms. The molecular formula is C18H21FN2O4. The zero-order valence-corrected chi connectivity index (χ0v) is 14.2. The minimum absolute atomic E-state index is 0.0423. The summed E-state index contributed by atoms with van der Waals surface area (Å²) in [6.07, 6.45) is 0. The van der Waals surface area contributed by atoms with Gasteiger partial charge in [0.1, 0.15) is 0 Å². The van der Waals surface area contributed by atoms with Crippen LogP contribution < -0.4 is 20.1 Å². The monoisotopic (exact) mass is 348 g/mol. The summed E-state index contributed by atoms with van der Waals surface area (Å²) >= 11 is 0. The molecule has 0 radical (unpaired) electrons. The lowest BCUT2D eigenvalue weighted by Gasteiger charge is -2.12. The van der Waals surface area contributed by atoms with Crippen molar-refractivity contribution in [3.05, 3.63) is 48.3 Å². The third-order valence-electron chi connectivity index (χ3n) is 3.27. The number of ether oxygens (including phenoxy) is 3. The number of halogens is 1. The van der Waals surface area contributed by atoms with Crippen LogP contribution in [0.15, 0.2) is 42.5 Å². The Morgan fingerprint density at radius 2 is 1.84 bits per heavy atom. The van der Waals surface area contributed by atoms with Crippen molar-refractivity contribution in [1.29, 1.82) is 0 Å². The fourth-order valence-corrected chi connectivity index (χ4v) is 2.06. The predicted molar refractivity (Wildman–Crippen MR) is 92.8 cm³/mol. The van der Waals surface area contributed by atoms with Crippen molar-refractivity contribution in [2.75, 3.05) is 39.2 Å². The molecule has 0 aromatic heterocycles. The number of rotatable bonds is 9. The first kappa shape index (κ1) is 18.7. The van der Waals surface area contributed by atoms with Gasteiger partial charge in [-0.15, -0.1) is 0 Å². The zero-order valence-electron chi connectivity index (χ0n) is 14.2. The summed E-state index contributed by atoms with van der Waals surface area (Å²) in [6.45, 7) is 1.19. The van der Waals surface area contributed by atoms with E-state index in [9.17, 15) is 9.18 Å². The highest BCUT2D eigenvalue weighted by atomic mass is 19.1. The Balaban J connectivity index is 1.97. The second-order valence-corrected chi connectivity index (χ2v) is 5.12. The Labute approximate surface area is 145 Å². The van der Waals surface area contributed by atoms with Crippen LogP contribution in [-0.4, -0.2) is 39.8 Å². The van der Waals surface area contributed by atoms with Gasteiger partial charge in [0.2, 0.25) is 5.91 Å². The van der Waals surface area contributed by atoms with Gasteiger partial charge in [0.25, 0.3) is 0 Å². The Bertz CT molecular complexity index is 709. The van der Waals surface area contributed by atoms with Gasteiger partial charge in [-0.25, -0.2) is 4.39 Å². The van der Waals surface area contributed by atoms with E-state index in [1.54, 1.807) is 37.4 Å². The fourth-order valence-electron chi connectivity index (χ4n) is 2.06. The first-order valence-corrected chi connectivity index (χ1v) is 7.74. The average molecular weight is 348 g/mol. The molecule has 25 heavy (non-hydrogen) atoms. The predicted octanol–water partition coefficient (Wildman–Crippen LogP) is 2.80. The summed E-state index contributed by atoms with van der Waals surface area (Å²) in [5.41, 5.74) is 0.350. The number of para-hydroxylation sites is 2. The molecule has 7 heteroatoms. The highest BCUT2D eigenvalue weighted by molar-refractivity contribution is 5.92. The van der Waals surface area contributed by atoms with E-state index in [0.29, 0.717) is 30.3 Å². The summed E-state index contributed by atoms with van der Waals surface area (Å²) in [5.74, 6) is 0.0927. The summed E-state index contributed by atoms with van der Waals surface area (Å²) in [5, 5.41) is 5.52. The largest absolute Gasteiger partial charge is 0.493 e. The molecule has 0 atom stereocenters. The van der Waals surface area contributed by atoms with E-state index in [1.807, 2.05) is 0 Å². The number of hydrogen-bond donors (Lipinski definition) is 2. The SMILES string of the molecule is COCCNCC(=O)Nc1ccc(Oc2ccccc2OC)c(F)c1. The molecule has 0 saturated carbocycles. The van der Waals surface area contributed by atoms with Gasteiger partial charge in [-0.2, -0.15) is 0 Å². The maximum absolute atomic E-state index is 14.2. The number of carbonyl (C=O) groups excluding carboxylic acids is 1. The zero-order chi connectivity index (χ0) is 18.1. The summed E-state index contributed by atoms with van der Waals surface area (Å²) in [7, 11) is 3.09. The highest BCUT2D eigenvalue weighted by Gasteiger charge is 2.10. The highest BCUT2D eigenvalue weighted by Crippen LogP contribution is 2.33. The van der Waals surface area contributed by atoms with Crippen molar-refractivity contribution in [3.8, 4) is 17.2 Å². The van der Waals surface area contributed by atoms with Crippen LogP contribution in [0.3, 0.4) is 0 Å². The molecule has 0 aliphatic rings. The van der Waals surface area contributed by atoms with Gasteiger partial charge in [-0.3, -0.25) is 4.79 Å². The van der Waals surface area contributed by atoms with Crippen LogP contribution >= 0.6 is 0 Å². The number of carbonyl (C=O) groups is 1. The third kappa shape index (κ3) is 5.74. The first-order chi connectivity index (χ1) is 12.1. The van der Waals surface area contributed by atoms with E-state index in [4.69, 9.17) is 14.2 Å². The van der Waals surface area contributed by atoms with Crippen LogP contribution in [0.25, 0.3) is 0 Å². The van der Waals surface area contributed by atoms with Gasteiger partial charge in [-0.1, -0.05) is 12.1 Å². The Hall–Kier alpha value is -2.64. The molecule has 2 aromatic rings. The van der Waals surface area contributed by atoms with Gasteiger partial charge < -0.3 is 24.8 Å². The lowest BCUT2D eigenvalue weighted by Crippen LogP contribution is -2.30. The topological polar surface area (TPSA) is 68.8 Å². The van der Waals surface area contributed by atoms with E-state index in [-0.39, 0.29) is 18.2 Å². The van der Waals surface area contributed by atoms with Crippen LogP contribution in [0.1, 0.15) is 0 Å². The molecule has 0 heterocycles. The minimum Gasteiger partial charge on any atom is -0.493 e. The Kier molecular flexibility index (Phi) is 7.18. The van der Waals surface area contributed by atoms with Gasteiger partial charge in [0.15, 0.2) is 23.1 Å². The molecule has 2 rings (SSSR count). The third-order valence-corrected chi connectivity index (χ3v) is 3.27. The molecular weight excluding hydrogens is 327 g/mol. The van der Waals surface area contributed by atoms with Crippen LogP contribution in [0.5, 0.6) is 17.2 Å². The lowest BCUT2D eigenvalue weighted by molar-refractivity contribution is -0.115. The van der Waals surface area contributed by atoms with Gasteiger partial charge >= 0.3 is 0 Å². The number of hydrogen-bond acceptors (Lipinski definition) is 5. The fraction of sp³-hybridized carbons (Fsp3) is 0.278. The molecule has 0 aliphatic carbocycles. The standard InChI is InChI=1S/C18H21FN2O4/c1-23-10-9-20-12-18(22)21-13-7-8-15(14(19)11-13)25-17-6-4-3-5-16(17)24-2/h3-8,11,20H,9-10,12H2,1-2H3,(H,21,22). The van der Waals surface area contributed by atoms with Crippen molar-refractivity contribution in [1.82, 2.24) is 5.32 Å². The number of methoxy groups -OCH3 is 2. The lowest BCUT2D eigenvalue weighted by atomic mass is 10.2. The van der Waals surface area contributed by atoms with Crippen molar-refractivity contribution in [3.63, 3.8) is 0 Å². The van der Waals surface area contributed by atoms with Gasteiger partial charge in [0, 0.05) is 25.4 Å². The van der Waals surface area contributed by atoms with Crippen LogP contribution in [0.2, 0.25) is 0 Å². The smallest absolute Gasteiger partial charge is 0.238 e. The summed E-state index contributed by atoms with van der Waals surface area (Å²) < 4.78 is 29.8. The molecule has 0 saturated heterocycles. The van der Waals surface area contributed by atoms with Crippen molar-refractivity contribution in [2.24, 2.45) is 0 Å². The first-order valence-electron chi connectivity index (χ1n) is 7.74. The van der Waals surface area contributed by atoms with Crippen molar-refractivity contribution in [2.45, 2.75) is 0 Å². The number of amides is 1. The van der Waals surface area contributed by atoms with E-state index in [0.717, 1.165) is 0 Å². The molecule has 134 valence electrons. The van der Waals surface area contributed by atoms with Crippen LogP contribution in [0, 0.1) is 5.82 Å². The van der Waals surface area contributed by atoms with Crippen molar-refractivity contribution >= 4 is 11.6 Å². The second kappa shape index (κ2) is 9.61. The van der Waals surface area contributed by atoms with E-state index >= 15 is 0 Å². The Morgan fingerprint density at radius 3 is 2.52 bits per heavy atom. The van der Waals surface area contributed by atoms with Crippen molar-refractivity contribution < 1.29 is 23.4 Å². The van der Waals surface area contributed by atoms with Gasteiger partial charge in [-0.05, 0) is 24.3 Å². The Morgan fingerprint density at radius 1 is 1.08 bits per heavy atom. The molecule has 1 amide bonds. The number of nitrogens with one attached hydrogen (secondary N) is 2. The number of anilines is 1. The van der Waals surface area contributed by atoms with E-state index < -0.39 is 5.82 Å². The molecule has 6 nitrogen and oxygen atoms in total. The average Bonchev–Trinajstić information content (AvgIpc) is 2.61. The molecule has 0 fully saturated rings. The van der Waals surface area contributed by atoms with E-state index in [2.05, 4.69) is 10.6 Å². The molecule has 0 aliphatic heterocycles. The summed E-state index contributed by atoms with van der Waals surface area (Å²) in [4.78, 5) is 11.8. The second-order valence-electron chi connectivity index (χ2n) is 5.12. The minimum atomic E-state index is -0.587. The van der Waals surface area contributed by atoms with Crippen LogP contribution in [-0.2, 0) is 9.53 Å². The molecule has 0 unspecified atom stereocenters. The van der Waals surface area contributed by atoms with Crippen LogP contribution in [0.4, 0.5) is 10.1 Å².